The van der Waals surface area contributed by atoms with E-state index in [1.54, 1.807) is 0 Å². The number of rotatable bonds is 2. The van der Waals surface area contributed by atoms with Crippen LogP contribution in [0, 0.1) is 12.3 Å². The summed E-state index contributed by atoms with van der Waals surface area (Å²) in [5.74, 6) is 2.91. The van der Waals surface area contributed by atoms with Gasteiger partial charge in [0.15, 0.2) is 0 Å². The first kappa shape index (κ1) is 10.8. The van der Waals surface area contributed by atoms with Crippen molar-refractivity contribution >= 4 is 10.8 Å². The molecule has 0 aliphatic rings. The summed E-state index contributed by atoms with van der Waals surface area (Å²) < 4.78 is 0. The van der Waals surface area contributed by atoms with Gasteiger partial charge < -0.3 is 0 Å². The zero-order valence-electron chi connectivity index (χ0n) is 9.83. The lowest BCUT2D eigenvalue weighted by molar-refractivity contribution is 0.597. The van der Waals surface area contributed by atoms with Crippen LogP contribution in [0.4, 0.5) is 0 Å². The standard InChI is InChI=1S/C16H16/c1-4-16(3,5-2)15-11-10-13-8-6-7-9-14(13)12-15/h1,6-12H,5H2,2-3H3. The summed E-state index contributed by atoms with van der Waals surface area (Å²) in [6.07, 6.45) is 6.60. The van der Waals surface area contributed by atoms with Crippen LogP contribution < -0.4 is 0 Å². The summed E-state index contributed by atoms with van der Waals surface area (Å²) in [6, 6.07) is 14.9. The van der Waals surface area contributed by atoms with Crippen molar-refractivity contribution in [2.45, 2.75) is 25.7 Å². The van der Waals surface area contributed by atoms with Crippen LogP contribution >= 0.6 is 0 Å². The second-order valence-corrected chi connectivity index (χ2v) is 4.39. The summed E-state index contributed by atoms with van der Waals surface area (Å²) in [5.41, 5.74) is 1.08. The van der Waals surface area contributed by atoms with E-state index in [4.69, 9.17) is 6.42 Å². The van der Waals surface area contributed by atoms with E-state index >= 15 is 0 Å². The highest BCUT2D eigenvalue weighted by Gasteiger charge is 2.21. The van der Waals surface area contributed by atoms with Gasteiger partial charge in [-0.1, -0.05) is 49.2 Å². The lowest BCUT2D eigenvalue weighted by Crippen LogP contribution is -2.17. The van der Waals surface area contributed by atoms with Gasteiger partial charge in [0, 0.05) is 0 Å². The van der Waals surface area contributed by atoms with E-state index in [9.17, 15) is 0 Å². The predicted molar refractivity (Wildman–Crippen MR) is 70.4 cm³/mol. The maximum atomic E-state index is 5.64. The minimum atomic E-state index is -0.149. The fourth-order valence-electron chi connectivity index (χ4n) is 1.92. The molecule has 0 saturated heterocycles. The Balaban J connectivity index is 2.60. The Kier molecular flexibility index (Phi) is 2.71. The molecule has 0 amide bonds. The van der Waals surface area contributed by atoms with Gasteiger partial charge in [-0.3, -0.25) is 0 Å². The summed E-state index contributed by atoms with van der Waals surface area (Å²) in [4.78, 5) is 0. The van der Waals surface area contributed by atoms with Gasteiger partial charge in [0.1, 0.15) is 0 Å². The van der Waals surface area contributed by atoms with Crippen molar-refractivity contribution in [2.75, 3.05) is 0 Å². The second-order valence-electron chi connectivity index (χ2n) is 4.39. The molecule has 0 nitrogen and oxygen atoms in total. The van der Waals surface area contributed by atoms with Gasteiger partial charge in [-0.2, -0.15) is 0 Å². The first-order valence-electron chi connectivity index (χ1n) is 5.66. The molecule has 0 aromatic heterocycles. The largest absolute Gasteiger partial charge is 0.119 e. The summed E-state index contributed by atoms with van der Waals surface area (Å²) in [7, 11) is 0. The van der Waals surface area contributed by atoms with E-state index in [0.717, 1.165) is 6.42 Å². The monoisotopic (exact) mass is 208 g/mol. The van der Waals surface area contributed by atoms with Gasteiger partial charge in [0.2, 0.25) is 0 Å². The van der Waals surface area contributed by atoms with Crippen molar-refractivity contribution in [3.63, 3.8) is 0 Å². The zero-order chi connectivity index (χ0) is 11.6. The molecule has 80 valence electrons. The Morgan fingerprint density at radius 1 is 1.12 bits per heavy atom. The minimum Gasteiger partial charge on any atom is -0.119 e. The van der Waals surface area contributed by atoms with E-state index in [2.05, 4.69) is 62.2 Å². The third-order valence-corrected chi connectivity index (χ3v) is 3.41. The number of hydrogen-bond donors (Lipinski definition) is 0. The summed E-state index contributed by atoms with van der Waals surface area (Å²) in [5, 5.41) is 2.52. The number of benzene rings is 2. The topological polar surface area (TPSA) is 0 Å². The maximum Gasteiger partial charge on any atom is 0.0529 e. The first-order chi connectivity index (χ1) is 7.69. The zero-order valence-corrected chi connectivity index (χ0v) is 9.83. The summed E-state index contributed by atoms with van der Waals surface area (Å²) in [6.45, 7) is 4.26. The number of hydrogen-bond acceptors (Lipinski definition) is 0. The average molecular weight is 208 g/mol. The van der Waals surface area contributed by atoms with Crippen LogP contribution in [0.15, 0.2) is 42.5 Å². The van der Waals surface area contributed by atoms with Gasteiger partial charge >= 0.3 is 0 Å². The maximum absolute atomic E-state index is 5.64. The molecule has 1 unspecified atom stereocenters. The molecule has 2 aromatic rings. The van der Waals surface area contributed by atoms with E-state index in [1.165, 1.54) is 16.3 Å². The lowest BCUT2D eigenvalue weighted by Gasteiger charge is -2.22. The fourth-order valence-corrected chi connectivity index (χ4v) is 1.92. The molecule has 0 N–H and O–H groups in total. The summed E-state index contributed by atoms with van der Waals surface area (Å²) >= 11 is 0. The molecule has 0 saturated carbocycles. The van der Waals surface area contributed by atoms with Crippen LogP contribution in [-0.2, 0) is 5.41 Å². The molecule has 0 bridgehead atoms. The van der Waals surface area contributed by atoms with Crippen LogP contribution in [0.25, 0.3) is 10.8 Å². The quantitative estimate of drug-likeness (QED) is 0.651. The van der Waals surface area contributed by atoms with Crippen LogP contribution in [-0.4, -0.2) is 0 Å². The van der Waals surface area contributed by atoms with Crippen LogP contribution in [0.1, 0.15) is 25.8 Å². The Morgan fingerprint density at radius 3 is 2.44 bits per heavy atom. The molecule has 0 heteroatoms. The predicted octanol–water partition coefficient (Wildman–Crippen LogP) is 4.14. The number of terminal acetylenes is 1. The minimum absolute atomic E-state index is 0.149. The Bertz CT molecular complexity index is 545. The highest BCUT2D eigenvalue weighted by atomic mass is 14.2. The molecule has 2 aromatic carbocycles. The Morgan fingerprint density at radius 2 is 1.81 bits per heavy atom. The van der Waals surface area contributed by atoms with Gasteiger partial charge in [0.25, 0.3) is 0 Å². The van der Waals surface area contributed by atoms with Crippen molar-refractivity contribution in [2.24, 2.45) is 0 Å². The highest BCUT2D eigenvalue weighted by Crippen LogP contribution is 2.29. The van der Waals surface area contributed by atoms with Crippen LogP contribution in [0.5, 0.6) is 0 Å². The van der Waals surface area contributed by atoms with E-state index in [0.29, 0.717) is 0 Å². The smallest absolute Gasteiger partial charge is 0.0529 e. The first-order valence-corrected chi connectivity index (χ1v) is 5.66. The van der Waals surface area contributed by atoms with Crippen molar-refractivity contribution < 1.29 is 0 Å². The van der Waals surface area contributed by atoms with E-state index < -0.39 is 0 Å². The molecule has 0 spiro atoms. The third-order valence-electron chi connectivity index (χ3n) is 3.41. The van der Waals surface area contributed by atoms with E-state index in [1.807, 2.05) is 0 Å². The van der Waals surface area contributed by atoms with E-state index in [-0.39, 0.29) is 5.41 Å². The molecule has 1 atom stereocenters. The van der Waals surface area contributed by atoms with Gasteiger partial charge in [-0.25, -0.2) is 0 Å². The molecule has 0 aliphatic heterocycles. The van der Waals surface area contributed by atoms with Gasteiger partial charge in [-0.15, -0.1) is 6.42 Å². The Labute approximate surface area is 97.3 Å². The highest BCUT2D eigenvalue weighted by molar-refractivity contribution is 5.83. The molecule has 0 fully saturated rings. The van der Waals surface area contributed by atoms with Crippen molar-refractivity contribution in [1.29, 1.82) is 0 Å². The fraction of sp³-hybridized carbons (Fsp3) is 0.250. The third kappa shape index (κ3) is 1.70. The molecule has 0 aliphatic carbocycles. The normalized spacial score (nSPS) is 14.3. The van der Waals surface area contributed by atoms with Gasteiger partial charge in [-0.05, 0) is 35.7 Å². The van der Waals surface area contributed by atoms with Crippen LogP contribution in [0.3, 0.4) is 0 Å². The Hall–Kier alpha value is -1.74. The van der Waals surface area contributed by atoms with Crippen molar-refractivity contribution in [3.05, 3.63) is 48.0 Å². The molecule has 2 rings (SSSR count). The van der Waals surface area contributed by atoms with Crippen LogP contribution in [0.2, 0.25) is 0 Å². The molecule has 0 radical (unpaired) electrons. The SMILES string of the molecule is C#CC(C)(CC)c1ccc2ccccc2c1. The lowest BCUT2D eigenvalue weighted by atomic mass is 9.80. The number of fused-ring (bicyclic) bond motifs is 1. The molecular weight excluding hydrogens is 192 g/mol. The molecule has 0 heterocycles. The average Bonchev–Trinajstić information content (AvgIpc) is 2.37. The van der Waals surface area contributed by atoms with Crippen molar-refractivity contribution in [3.8, 4) is 12.3 Å². The molecule has 16 heavy (non-hydrogen) atoms. The van der Waals surface area contributed by atoms with Crippen molar-refractivity contribution in [1.82, 2.24) is 0 Å². The molecular formula is C16H16. The second kappa shape index (κ2) is 4.02. The van der Waals surface area contributed by atoms with Gasteiger partial charge in [0.05, 0.1) is 5.41 Å².